The van der Waals surface area contributed by atoms with E-state index in [1.54, 1.807) is 0 Å². The molecular formula is C16H31N3O2. The summed E-state index contributed by atoms with van der Waals surface area (Å²) in [6.07, 6.45) is 2.19. The van der Waals surface area contributed by atoms with E-state index in [-0.39, 0.29) is 11.3 Å². The molecule has 0 saturated carbocycles. The molecule has 0 radical (unpaired) electrons. The van der Waals surface area contributed by atoms with E-state index < -0.39 is 6.04 Å². The Morgan fingerprint density at radius 2 is 1.76 bits per heavy atom. The summed E-state index contributed by atoms with van der Waals surface area (Å²) < 4.78 is 5.39. The third kappa shape index (κ3) is 4.66. The zero-order chi connectivity index (χ0) is 15.5. The van der Waals surface area contributed by atoms with Gasteiger partial charge in [-0.2, -0.15) is 0 Å². The van der Waals surface area contributed by atoms with Crippen molar-refractivity contribution in [2.75, 3.05) is 45.9 Å². The summed E-state index contributed by atoms with van der Waals surface area (Å²) in [6.45, 7) is 12.8. The van der Waals surface area contributed by atoms with Gasteiger partial charge in [0.25, 0.3) is 0 Å². The highest BCUT2D eigenvalue weighted by Crippen LogP contribution is 2.23. The van der Waals surface area contributed by atoms with Crippen molar-refractivity contribution in [1.29, 1.82) is 0 Å². The Kier molecular flexibility index (Phi) is 5.63. The van der Waals surface area contributed by atoms with Crippen molar-refractivity contribution in [3.63, 3.8) is 0 Å². The minimum absolute atomic E-state index is 0.118. The molecular weight excluding hydrogens is 266 g/mol. The lowest BCUT2D eigenvalue weighted by atomic mass is 9.86. The SMILES string of the molecule is CC(C)(C)[C@H](N)C(=O)N1CCC(CN2CCOCC2)CC1. The number of nitrogens with two attached hydrogens (primary N) is 1. The van der Waals surface area contributed by atoms with Gasteiger partial charge in [-0.05, 0) is 24.2 Å². The number of carbonyl (C=O) groups is 1. The standard InChI is InChI=1S/C16H31N3O2/c1-16(2,3)14(17)15(20)19-6-4-13(5-7-19)12-18-8-10-21-11-9-18/h13-14H,4-12,17H2,1-3H3/t14-/m1/s1. The summed E-state index contributed by atoms with van der Waals surface area (Å²) >= 11 is 0. The van der Waals surface area contributed by atoms with Gasteiger partial charge in [0.1, 0.15) is 0 Å². The van der Waals surface area contributed by atoms with Crippen molar-refractivity contribution in [3.8, 4) is 0 Å². The fourth-order valence-electron chi connectivity index (χ4n) is 3.05. The molecule has 5 nitrogen and oxygen atoms in total. The molecule has 2 aliphatic heterocycles. The van der Waals surface area contributed by atoms with Crippen LogP contribution < -0.4 is 5.73 Å². The van der Waals surface area contributed by atoms with Crippen molar-refractivity contribution >= 4 is 5.91 Å². The van der Waals surface area contributed by atoms with Crippen LogP contribution in [0.3, 0.4) is 0 Å². The van der Waals surface area contributed by atoms with Gasteiger partial charge in [0.05, 0.1) is 19.3 Å². The first kappa shape index (κ1) is 16.7. The quantitative estimate of drug-likeness (QED) is 0.842. The fraction of sp³-hybridized carbons (Fsp3) is 0.938. The molecule has 122 valence electrons. The summed E-state index contributed by atoms with van der Waals surface area (Å²) in [5.74, 6) is 0.824. The van der Waals surface area contributed by atoms with Gasteiger partial charge in [0.2, 0.25) is 5.91 Å². The van der Waals surface area contributed by atoms with Crippen molar-refractivity contribution in [2.45, 2.75) is 39.7 Å². The molecule has 0 aliphatic carbocycles. The van der Waals surface area contributed by atoms with Gasteiger partial charge >= 0.3 is 0 Å². The van der Waals surface area contributed by atoms with Gasteiger partial charge in [-0.25, -0.2) is 0 Å². The minimum atomic E-state index is -0.395. The number of likely N-dealkylation sites (tertiary alicyclic amines) is 1. The molecule has 2 fully saturated rings. The van der Waals surface area contributed by atoms with Crippen LogP contribution >= 0.6 is 0 Å². The third-order valence-corrected chi connectivity index (χ3v) is 4.75. The smallest absolute Gasteiger partial charge is 0.240 e. The molecule has 0 bridgehead atoms. The molecule has 21 heavy (non-hydrogen) atoms. The molecule has 0 aromatic rings. The predicted molar refractivity (Wildman–Crippen MR) is 84.0 cm³/mol. The first-order chi connectivity index (χ1) is 9.88. The van der Waals surface area contributed by atoms with E-state index in [0.717, 1.165) is 58.8 Å². The van der Waals surface area contributed by atoms with E-state index in [0.29, 0.717) is 5.92 Å². The maximum atomic E-state index is 12.4. The molecule has 0 aromatic heterocycles. The zero-order valence-corrected chi connectivity index (χ0v) is 13.8. The van der Waals surface area contributed by atoms with Gasteiger partial charge in [0.15, 0.2) is 0 Å². The van der Waals surface area contributed by atoms with Gasteiger partial charge < -0.3 is 15.4 Å². The van der Waals surface area contributed by atoms with Crippen LogP contribution in [0.15, 0.2) is 0 Å². The number of carbonyl (C=O) groups excluding carboxylic acids is 1. The molecule has 0 aromatic carbocycles. The first-order valence-electron chi connectivity index (χ1n) is 8.22. The van der Waals surface area contributed by atoms with Crippen molar-refractivity contribution in [2.24, 2.45) is 17.1 Å². The molecule has 2 saturated heterocycles. The van der Waals surface area contributed by atoms with Crippen LogP contribution in [0, 0.1) is 11.3 Å². The first-order valence-corrected chi connectivity index (χ1v) is 8.22. The fourth-order valence-corrected chi connectivity index (χ4v) is 3.05. The predicted octanol–water partition coefficient (Wildman–Crippen LogP) is 0.931. The van der Waals surface area contributed by atoms with Crippen molar-refractivity contribution < 1.29 is 9.53 Å². The van der Waals surface area contributed by atoms with Crippen LogP contribution in [-0.2, 0) is 9.53 Å². The summed E-state index contributed by atoms with van der Waals surface area (Å²) in [4.78, 5) is 16.9. The highest BCUT2D eigenvalue weighted by atomic mass is 16.5. The van der Waals surface area contributed by atoms with Crippen LogP contribution in [0.2, 0.25) is 0 Å². The molecule has 2 heterocycles. The van der Waals surface area contributed by atoms with E-state index in [4.69, 9.17) is 10.5 Å². The lowest BCUT2D eigenvalue weighted by Gasteiger charge is -2.38. The monoisotopic (exact) mass is 297 g/mol. The van der Waals surface area contributed by atoms with Crippen LogP contribution in [0.5, 0.6) is 0 Å². The van der Waals surface area contributed by atoms with Gasteiger partial charge in [-0.1, -0.05) is 20.8 Å². The van der Waals surface area contributed by atoms with Crippen molar-refractivity contribution in [3.05, 3.63) is 0 Å². The van der Waals surface area contributed by atoms with E-state index in [1.807, 2.05) is 25.7 Å². The Balaban J connectivity index is 1.76. The number of amides is 1. The summed E-state index contributed by atoms with van der Waals surface area (Å²) in [7, 11) is 0. The number of rotatable bonds is 3. The normalized spacial score (nSPS) is 24.1. The number of ether oxygens (including phenoxy) is 1. The topological polar surface area (TPSA) is 58.8 Å². The van der Waals surface area contributed by atoms with Gasteiger partial charge in [-0.3, -0.25) is 9.69 Å². The molecule has 1 atom stereocenters. The minimum Gasteiger partial charge on any atom is -0.379 e. The highest BCUT2D eigenvalue weighted by molar-refractivity contribution is 5.82. The molecule has 1 amide bonds. The number of hydrogen-bond acceptors (Lipinski definition) is 4. The van der Waals surface area contributed by atoms with Crippen LogP contribution in [0.4, 0.5) is 0 Å². The average Bonchev–Trinajstić information content (AvgIpc) is 2.46. The highest BCUT2D eigenvalue weighted by Gasteiger charge is 2.33. The lowest BCUT2D eigenvalue weighted by molar-refractivity contribution is -0.136. The van der Waals surface area contributed by atoms with Crippen molar-refractivity contribution in [1.82, 2.24) is 9.80 Å². The molecule has 2 aliphatic rings. The summed E-state index contributed by atoms with van der Waals surface area (Å²) in [5, 5.41) is 0. The molecule has 0 spiro atoms. The number of morpholine rings is 1. The van der Waals surface area contributed by atoms with E-state index >= 15 is 0 Å². The molecule has 0 unspecified atom stereocenters. The molecule has 2 rings (SSSR count). The second-order valence-electron chi connectivity index (χ2n) is 7.53. The third-order valence-electron chi connectivity index (χ3n) is 4.75. The Morgan fingerprint density at radius 3 is 2.29 bits per heavy atom. The van der Waals surface area contributed by atoms with E-state index in [2.05, 4.69) is 4.90 Å². The zero-order valence-electron chi connectivity index (χ0n) is 13.8. The van der Waals surface area contributed by atoms with Crippen LogP contribution in [0.25, 0.3) is 0 Å². The number of hydrogen-bond donors (Lipinski definition) is 1. The summed E-state index contributed by atoms with van der Waals surface area (Å²) in [5.41, 5.74) is 5.93. The number of piperidine rings is 1. The molecule has 5 heteroatoms. The molecule has 2 N–H and O–H groups in total. The second kappa shape index (κ2) is 7.07. The maximum absolute atomic E-state index is 12.4. The van der Waals surface area contributed by atoms with E-state index in [1.165, 1.54) is 0 Å². The Bertz CT molecular complexity index is 340. The van der Waals surface area contributed by atoms with E-state index in [9.17, 15) is 4.79 Å². The maximum Gasteiger partial charge on any atom is 0.240 e. The van der Waals surface area contributed by atoms with Crippen LogP contribution in [-0.4, -0.2) is 67.7 Å². The average molecular weight is 297 g/mol. The number of nitrogens with zero attached hydrogens (tertiary/aromatic N) is 2. The van der Waals surface area contributed by atoms with Gasteiger partial charge in [0, 0.05) is 32.7 Å². The Hall–Kier alpha value is -0.650. The second-order valence-corrected chi connectivity index (χ2v) is 7.53. The van der Waals surface area contributed by atoms with Crippen LogP contribution in [0.1, 0.15) is 33.6 Å². The lowest BCUT2D eigenvalue weighted by Crippen LogP contribution is -2.53. The Morgan fingerprint density at radius 1 is 1.19 bits per heavy atom. The summed E-state index contributed by atoms with van der Waals surface area (Å²) in [6, 6.07) is -0.395. The largest absolute Gasteiger partial charge is 0.379 e. The Labute approximate surface area is 128 Å². The van der Waals surface area contributed by atoms with Gasteiger partial charge in [-0.15, -0.1) is 0 Å².